The summed E-state index contributed by atoms with van der Waals surface area (Å²) in [6.07, 6.45) is 4.05. The number of ether oxygens (including phenoxy) is 1. The Morgan fingerprint density at radius 1 is 1.09 bits per heavy atom. The van der Waals surface area contributed by atoms with Crippen molar-refractivity contribution < 1.29 is 18.1 Å². The van der Waals surface area contributed by atoms with E-state index in [0.29, 0.717) is 23.7 Å². The predicted octanol–water partition coefficient (Wildman–Crippen LogP) is 5.73. The maximum Gasteiger partial charge on any atom is 0.336 e. The standard InChI is InChI=1S/C27H29FN2O4/c1-17-15-25(31)33-27-18(2)23(8-7-21(17)27)32-14-4-3-11-30-12-9-19(10-13-30)26-22-6-5-20(28)16-24(22)34-29-26/h5-8,15-16,19H,3-4,9-14H2,1-2H3. The van der Waals surface area contributed by atoms with Gasteiger partial charge in [0, 0.05) is 34.4 Å². The van der Waals surface area contributed by atoms with Crippen molar-refractivity contribution in [2.75, 3.05) is 26.2 Å². The average molecular weight is 465 g/mol. The van der Waals surface area contributed by atoms with Crippen molar-refractivity contribution in [1.29, 1.82) is 0 Å². The lowest BCUT2D eigenvalue weighted by atomic mass is 9.91. The fraction of sp³-hybridized carbons (Fsp3) is 0.407. The van der Waals surface area contributed by atoms with Gasteiger partial charge in [-0.3, -0.25) is 0 Å². The molecule has 0 N–H and O–H groups in total. The number of benzene rings is 2. The van der Waals surface area contributed by atoms with Gasteiger partial charge in [0.2, 0.25) is 0 Å². The van der Waals surface area contributed by atoms with Crippen LogP contribution in [0.3, 0.4) is 0 Å². The van der Waals surface area contributed by atoms with Gasteiger partial charge in [0.1, 0.15) is 17.1 Å². The van der Waals surface area contributed by atoms with Gasteiger partial charge in [0.25, 0.3) is 0 Å². The molecule has 178 valence electrons. The number of aryl methyl sites for hydroxylation is 2. The Labute approximate surface area is 197 Å². The molecule has 0 amide bonds. The summed E-state index contributed by atoms with van der Waals surface area (Å²) < 4.78 is 30.2. The maximum absolute atomic E-state index is 13.4. The molecule has 1 fully saturated rings. The van der Waals surface area contributed by atoms with Gasteiger partial charge < -0.3 is 18.6 Å². The van der Waals surface area contributed by atoms with Crippen LogP contribution in [0.5, 0.6) is 5.75 Å². The molecule has 3 heterocycles. The second-order valence-electron chi connectivity index (χ2n) is 9.19. The molecule has 2 aromatic carbocycles. The van der Waals surface area contributed by atoms with Crippen LogP contribution in [0.2, 0.25) is 0 Å². The Balaban J connectivity index is 1.08. The lowest BCUT2D eigenvalue weighted by molar-refractivity contribution is 0.199. The highest BCUT2D eigenvalue weighted by Gasteiger charge is 2.25. The normalized spacial score (nSPS) is 15.4. The molecule has 1 aliphatic rings. The van der Waals surface area contributed by atoms with Gasteiger partial charge in [-0.05, 0) is 89.0 Å². The largest absolute Gasteiger partial charge is 0.493 e. The highest BCUT2D eigenvalue weighted by molar-refractivity contribution is 5.84. The molecule has 34 heavy (non-hydrogen) atoms. The third-order valence-electron chi connectivity index (χ3n) is 6.88. The monoisotopic (exact) mass is 464 g/mol. The number of fused-ring (bicyclic) bond motifs is 2. The lowest BCUT2D eigenvalue weighted by Crippen LogP contribution is -2.34. The topological polar surface area (TPSA) is 68.7 Å². The van der Waals surface area contributed by atoms with Crippen molar-refractivity contribution in [1.82, 2.24) is 10.1 Å². The van der Waals surface area contributed by atoms with Gasteiger partial charge in [-0.15, -0.1) is 0 Å². The van der Waals surface area contributed by atoms with Gasteiger partial charge in [0.05, 0.1) is 12.3 Å². The van der Waals surface area contributed by atoms with Crippen molar-refractivity contribution in [3.8, 4) is 5.75 Å². The van der Waals surface area contributed by atoms with Gasteiger partial charge in [-0.1, -0.05) is 5.16 Å². The number of rotatable bonds is 7. The van der Waals surface area contributed by atoms with E-state index >= 15 is 0 Å². The van der Waals surface area contributed by atoms with Crippen LogP contribution in [0.15, 0.2) is 50.1 Å². The fourth-order valence-corrected chi connectivity index (χ4v) is 4.93. The molecule has 1 saturated heterocycles. The van der Waals surface area contributed by atoms with Crippen molar-refractivity contribution in [2.45, 2.75) is 45.4 Å². The highest BCUT2D eigenvalue weighted by atomic mass is 19.1. The van der Waals surface area contributed by atoms with E-state index in [1.807, 2.05) is 26.0 Å². The van der Waals surface area contributed by atoms with Gasteiger partial charge >= 0.3 is 5.63 Å². The predicted molar refractivity (Wildman–Crippen MR) is 129 cm³/mol. The molecular weight excluding hydrogens is 435 g/mol. The van der Waals surface area contributed by atoms with E-state index in [9.17, 15) is 9.18 Å². The smallest absolute Gasteiger partial charge is 0.336 e. The van der Waals surface area contributed by atoms with E-state index in [4.69, 9.17) is 13.7 Å². The van der Waals surface area contributed by atoms with Gasteiger partial charge in [0.15, 0.2) is 5.58 Å². The summed E-state index contributed by atoms with van der Waals surface area (Å²) in [5.41, 5.74) is 3.53. The average Bonchev–Trinajstić information content (AvgIpc) is 3.24. The minimum atomic E-state index is -0.334. The van der Waals surface area contributed by atoms with E-state index in [-0.39, 0.29) is 11.4 Å². The summed E-state index contributed by atoms with van der Waals surface area (Å²) in [5.74, 6) is 0.819. The van der Waals surface area contributed by atoms with Crippen LogP contribution in [0.1, 0.15) is 48.4 Å². The van der Waals surface area contributed by atoms with E-state index < -0.39 is 0 Å². The molecule has 0 radical (unpaired) electrons. The summed E-state index contributed by atoms with van der Waals surface area (Å²) in [5, 5.41) is 6.10. The summed E-state index contributed by atoms with van der Waals surface area (Å²) in [7, 11) is 0. The first-order valence-electron chi connectivity index (χ1n) is 11.9. The zero-order chi connectivity index (χ0) is 23.7. The van der Waals surface area contributed by atoms with Crippen LogP contribution >= 0.6 is 0 Å². The molecule has 6 nitrogen and oxygen atoms in total. The van der Waals surface area contributed by atoms with E-state index in [1.165, 1.54) is 18.2 Å². The van der Waals surface area contributed by atoms with Crippen molar-refractivity contribution in [3.63, 3.8) is 0 Å². The van der Waals surface area contributed by atoms with Crippen LogP contribution < -0.4 is 10.4 Å². The number of hydrogen-bond donors (Lipinski definition) is 0. The van der Waals surface area contributed by atoms with Crippen LogP contribution in [-0.4, -0.2) is 36.3 Å². The Morgan fingerprint density at radius 3 is 2.71 bits per heavy atom. The molecule has 4 aromatic rings. The van der Waals surface area contributed by atoms with Crippen molar-refractivity contribution >= 4 is 21.9 Å². The summed E-state index contributed by atoms with van der Waals surface area (Å²) in [4.78, 5) is 14.2. The number of halogens is 1. The summed E-state index contributed by atoms with van der Waals surface area (Å²) >= 11 is 0. The van der Waals surface area contributed by atoms with Crippen LogP contribution in [0.25, 0.3) is 21.9 Å². The number of likely N-dealkylation sites (tertiary alicyclic amines) is 1. The maximum atomic E-state index is 13.4. The first kappa shape index (κ1) is 22.6. The number of nitrogens with zero attached hydrogens (tertiary/aromatic N) is 2. The molecule has 0 atom stereocenters. The van der Waals surface area contributed by atoms with Crippen molar-refractivity contribution in [2.24, 2.45) is 0 Å². The Kier molecular flexibility index (Phi) is 6.37. The zero-order valence-electron chi connectivity index (χ0n) is 19.6. The lowest BCUT2D eigenvalue weighted by Gasteiger charge is -2.31. The summed E-state index contributed by atoms with van der Waals surface area (Å²) in [6, 6.07) is 10.1. The summed E-state index contributed by atoms with van der Waals surface area (Å²) in [6.45, 7) is 7.54. The number of aromatic nitrogens is 1. The van der Waals surface area contributed by atoms with Crippen LogP contribution in [0, 0.1) is 19.7 Å². The molecule has 0 saturated carbocycles. The quantitative estimate of drug-likeness (QED) is 0.257. The molecule has 0 aliphatic carbocycles. The minimum absolute atomic E-state index is 0.300. The first-order valence-corrected chi connectivity index (χ1v) is 11.9. The van der Waals surface area contributed by atoms with Gasteiger partial charge in [-0.25, -0.2) is 9.18 Å². The van der Waals surface area contributed by atoms with Gasteiger partial charge in [-0.2, -0.15) is 0 Å². The van der Waals surface area contributed by atoms with Crippen LogP contribution in [0.4, 0.5) is 4.39 Å². The molecule has 7 heteroatoms. The molecule has 2 aromatic heterocycles. The van der Waals surface area contributed by atoms with Crippen LogP contribution in [-0.2, 0) is 0 Å². The number of hydrogen-bond acceptors (Lipinski definition) is 6. The van der Waals surface area contributed by atoms with E-state index in [1.54, 1.807) is 6.07 Å². The second kappa shape index (κ2) is 9.58. The fourth-order valence-electron chi connectivity index (χ4n) is 4.93. The third-order valence-corrected chi connectivity index (χ3v) is 6.88. The highest BCUT2D eigenvalue weighted by Crippen LogP contribution is 2.33. The molecule has 0 unspecified atom stereocenters. The molecule has 0 spiro atoms. The Bertz CT molecular complexity index is 1370. The zero-order valence-corrected chi connectivity index (χ0v) is 19.6. The number of piperidine rings is 1. The SMILES string of the molecule is Cc1cc(=O)oc2c(C)c(OCCCCN3CCC(c4noc5cc(F)ccc45)CC3)ccc12. The molecule has 1 aliphatic heterocycles. The number of unbranched alkanes of at least 4 members (excludes halogenated alkanes) is 1. The first-order chi connectivity index (χ1) is 16.5. The minimum Gasteiger partial charge on any atom is -0.493 e. The second-order valence-corrected chi connectivity index (χ2v) is 9.19. The van der Waals surface area contributed by atoms with Crippen molar-refractivity contribution in [3.05, 3.63) is 69.5 Å². The third kappa shape index (κ3) is 4.57. The van der Waals surface area contributed by atoms with E-state index in [0.717, 1.165) is 78.7 Å². The Hall–Kier alpha value is -3.19. The molecular formula is C27H29FN2O4. The Morgan fingerprint density at radius 2 is 1.88 bits per heavy atom. The molecule has 0 bridgehead atoms. The molecule has 5 rings (SSSR count). The van der Waals surface area contributed by atoms with E-state index in [2.05, 4.69) is 10.1 Å².